The fourth-order valence-corrected chi connectivity index (χ4v) is 3.39. The zero-order valence-corrected chi connectivity index (χ0v) is 14.2. The molecule has 0 atom stereocenters. The topological polar surface area (TPSA) is 58.0 Å². The van der Waals surface area contributed by atoms with Crippen molar-refractivity contribution in [1.82, 2.24) is 9.97 Å². The number of alkyl halides is 3. The Balaban J connectivity index is 1.75. The minimum atomic E-state index is -4.58. The maximum absolute atomic E-state index is 13.0. The summed E-state index contributed by atoms with van der Waals surface area (Å²) in [6.45, 7) is 2.26. The minimum absolute atomic E-state index is 0.193. The van der Waals surface area contributed by atoms with Crippen molar-refractivity contribution >= 4 is 27.4 Å². The molecule has 0 radical (unpaired) electrons. The van der Waals surface area contributed by atoms with Gasteiger partial charge in [0.15, 0.2) is 0 Å². The molecule has 0 spiro atoms. The van der Waals surface area contributed by atoms with E-state index in [1.54, 1.807) is 18.2 Å². The number of benzene rings is 1. The van der Waals surface area contributed by atoms with Crippen molar-refractivity contribution in [2.75, 3.05) is 11.9 Å². The van der Waals surface area contributed by atoms with Crippen LogP contribution in [0.15, 0.2) is 30.3 Å². The minimum Gasteiger partial charge on any atom is -0.508 e. The second-order valence-corrected chi connectivity index (χ2v) is 6.86. The van der Waals surface area contributed by atoms with Crippen molar-refractivity contribution in [2.24, 2.45) is 0 Å². The van der Waals surface area contributed by atoms with E-state index >= 15 is 0 Å². The number of aryl methyl sites for hydroxylation is 2. The Bertz CT molecular complexity index is 892. The fourth-order valence-electron chi connectivity index (χ4n) is 2.51. The molecule has 0 saturated heterocycles. The van der Waals surface area contributed by atoms with Crippen LogP contribution >= 0.6 is 11.3 Å². The van der Waals surface area contributed by atoms with Gasteiger partial charge in [0.05, 0.1) is 5.39 Å². The van der Waals surface area contributed by atoms with Crippen molar-refractivity contribution in [3.8, 4) is 5.75 Å². The average Bonchev–Trinajstić information content (AvgIpc) is 2.92. The monoisotopic (exact) mass is 367 g/mol. The molecule has 0 saturated carbocycles. The first-order chi connectivity index (χ1) is 11.8. The lowest BCUT2D eigenvalue weighted by molar-refractivity contribution is -0.144. The molecule has 0 aliphatic rings. The second-order valence-electron chi connectivity index (χ2n) is 5.63. The Morgan fingerprint density at radius 1 is 1.20 bits per heavy atom. The van der Waals surface area contributed by atoms with E-state index in [-0.39, 0.29) is 11.6 Å². The van der Waals surface area contributed by atoms with Crippen LogP contribution in [-0.2, 0) is 12.6 Å². The number of hydrogen-bond acceptors (Lipinski definition) is 5. The molecule has 25 heavy (non-hydrogen) atoms. The summed E-state index contributed by atoms with van der Waals surface area (Å²) in [6, 6.07) is 8.79. The van der Waals surface area contributed by atoms with Gasteiger partial charge in [-0.25, -0.2) is 9.97 Å². The number of nitrogens with one attached hydrogen (secondary N) is 1. The Labute approximate surface area is 146 Å². The van der Waals surface area contributed by atoms with E-state index < -0.39 is 12.0 Å². The number of para-hydroxylation sites is 1. The molecule has 0 amide bonds. The van der Waals surface area contributed by atoms with E-state index in [0.29, 0.717) is 29.6 Å². The predicted octanol–water partition coefficient (Wildman–Crippen LogP) is 4.77. The van der Waals surface area contributed by atoms with Crippen LogP contribution in [-0.4, -0.2) is 21.6 Å². The van der Waals surface area contributed by atoms with Crippen LogP contribution in [0.5, 0.6) is 5.75 Å². The Morgan fingerprint density at radius 2 is 1.96 bits per heavy atom. The molecule has 0 fully saturated rings. The molecule has 4 nitrogen and oxygen atoms in total. The highest BCUT2D eigenvalue weighted by Gasteiger charge is 2.35. The second kappa shape index (κ2) is 6.87. The molecule has 2 N–H and O–H groups in total. The number of rotatable bonds is 5. The van der Waals surface area contributed by atoms with Crippen LogP contribution in [0.3, 0.4) is 0 Å². The third-order valence-corrected chi connectivity index (χ3v) is 4.62. The van der Waals surface area contributed by atoms with Crippen molar-refractivity contribution in [3.63, 3.8) is 0 Å². The average molecular weight is 367 g/mol. The first-order valence-electron chi connectivity index (χ1n) is 7.71. The number of aromatic nitrogens is 2. The zero-order chi connectivity index (χ0) is 18.0. The van der Waals surface area contributed by atoms with Crippen molar-refractivity contribution in [3.05, 3.63) is 46.6 Å². The van der Waals surface area contributed by atoms with Crippen molar-refractivity contribution in [2.45, 2.75) is 25.9 Å². The number of nitrogens with zero attached hydrogens (tertiary/aromatic N) is 2. The number of thiophene rings is 1. The predicted molar refractivity (Wildman–Crippen MR) is 92.1 cm³/mol. The molecule has 2 aromatic heterocycles. The number of phenols is 1. The molecular formula is C17H16F3N3OS. The number of phenolic OH excluding ortho intramolecular Hbond substituents is 1. The van der Waals surface area contributed by atoms with E-state index in [4.69, 9.17) is 0 Å². The number of hydrogen-bond donors (Lipinski definition) is 2. The van der Waals surface area contributed by atoms with Gasteiger partial charge in [0, 0.05) is 11.4 Å². The molecule has 3 rings (SSSR count). The molecule has 2 heterocycles. The SMILES string of the molecule is Cc1cc2c(NCCCc3ccccc3O)nc(C(F)(F)F)nc2s1. The van der Waals surface area contributed by atoms with Crippen LogP contribution in [0.25, 0.3) is 10.2 Å². The highest BCUT2D eigenvalue weighted by Crippen LogP contribution is 2.33. The van der Waals surface area contributed by atoms with Gasteiger partial charge in [0.25, 0.3) is 0 Å². The summed E-state index contributed by atoms with van der Waals surface area (Å²) in [7, 11) is 0. The van der Waals surface area contributed by atoms with Gasteiger partial charge in [-0.05, 0) is 37.5 Å². The lowest BCUT2D eigenvalue weighted by Crippen LogP contribution is -2.13. The van der Waals surface area contributed by atoms with E-state index in [9.17, 15) is 18.3 Å². The van der Waals surface area contributed by atoms with Gasteiger partial charge in [-0.1, -0.05) is 18.2 Å². The standard InChI is InChI=1S/C17H16F3N3OS/c1-10-9-12-14(22-16(17(18,19)20)23-15(12)25-10)21-8-4-6-11-5-2-3-7-13(11)24/h2-3,5,7,9,24H,4,6,8H2,1H3,(H,21,22,23). The van der Waals surface area contributed by atoms with Gasteiger partial charge in [0.2, 0.25) is 5.82 Å². The van der Waals surface area contributed by atoms with E-state index in [1.165, 1.54) is 11.3 Å². The van der Waals surface area contributed by atoms with Gasteiger partial charge in [-0.2, -0.15) is 13.2 Å². The van der Waals surface area contributed by atoms with E-state index in [2.05, 4.69) is 15.3 Å². The number of aromatic hydroxyl groups is 1. The third kappa shape index (κ3) is 4.01. The molecule has 0 aliphatic heterocycles. The first kappa shape index (κ1) is 17.5. The lowest BCUT2D eigenvalue weighted by atomic mass is 10.1. The molecule has 0 bridgehead atoms. The smallest absolute Gasteiger partial charge is 0.451 e. The van der Waals surface area contributed by atoms with Crippen LogP contribution in [0, 0.1) is 6.92 Å². The largest absolute Gasteiger partial charge is 0.508 e. The van der Waals surface area contributed by atoms with Crippen molar-refractivity contribution < 1.29 is 18.3 Å². The van der Waals surface area contributed by atoms with Crippen LogP contribution in [0.2, 0.25) is 0 Å². The van der Waals surface area contributed by atoms with Gasteiger partial charge in [0.1, 0.15) is 16.4 Å². The summed E-state index contributed by atoms with van der Waals surface area (Å²) < 4.78 is 38.9. The summed E-state index contributed by atoms with van der Waals surface area (Å²) in [6.07, 6.45) is -3.32. The van der Waals surface area contributed by atoms with E-state index in [0.717, 1.165) is 10.4 Å². The Kier molecular flexibility index (Phi) is 4.80. The molecule has 132 valence electrons. The fraction of sp³-hybridized carbons (Fsp3) is 0.294. The van der Waals surface area contributed by atoms with Gasteiger partial charge in [-0.3, -0.25) is 0 Å². The van der Waals surface area contributed by atoms with Gasteiger partial charge in [-0.15, -0.1) is 11.3 Å². The van der Waals surface area contributed by atoms with Crippen LogP contribution in [0.1, 0.15) is 22.7 Å². The summed E-state index contributed by atoms with van der Waals surface area (Å²) in [5.74, 6) is -0.719. The molecule has 0 unspecified atom stereocenters. The van der Waals surface area contributed by atoms with E-state index in [1.807, 2.05) is 19.1 Å². The summed E-state index contributed by atoms with van der Waals surface area (Å²) in [4.78, 5) is 8.48. The summed E-state index contributed by atoms with van der Waals surface area (Å²) in [5, 5.41) is 13.3. The molecule has 0 aliphatic carbocycles. The van der Waals surface area contributed by atoms with Crippen LogP contribution in [0.4, 0.5) is 19.0 Å². The highest BCUT2D eigenvalue weighted by atomic mass is 32.1. The maximum atomic E-state index is 13.0. The highest BCUT2D eigenvalue weighted by molar-refractivity contribution is 7.18. The molecule has 1 aromatic carbocycles. The number of fused-ring (bicyclic) bond motifs is 1. The molecular weight excluding hydrogens is 351 g/mol. The number of anilines is 1. The molecule has 3 aromatic rings. The first-order valence-corrected chi connectivity index (χ1v) is 8.52. The zero-order valence-electron chi connectivity index (χ0n) is 13.4. The summed E-state index contributed by atoms with van der Waals surface area (Å²) >= 11 is 1.21. The Hall–Kier alpha value is -2.35. The van der Waals surface area contributed by atoms with Gasteiger partial charge >= 0.3 is 6.18 Å². The number of halogens is 3. The van der Waals surface area contributed by atoms with Crippen LogP contribution < -0.4 is 5.32 Å². The van der Waals surface area contributed by atoms with Crippen molar-refractivity contribution in [1.29, 1.82) is 0 Å². The van der Waals surface area contributed by atoms with Gasteiger partial charge < -0.3 is 10.4 Å². The lowest BCUT2D eigenvalue weighted by Gasteiger charge is -2.10. The maximum Gasteiger partial charge on any atom is 0.451 e. The normalized spacial score (nSPS) is 11.8. The summed E-state index contributed by atoms with van der Waals surface area (Å²) in [5.41, 5.74) is 0.805. The quantitative estimate of drug-likeness (QED) is 0.638. The molecule has 8 heteroatoms. The third-order valence-electron chi connectivity index (χ3n) is 3.68. The Morgan fingerprint density at radius 3 is 2.68 bits per heavy atom.